The number of aryl methyl sites for hydroxylation is 2. The predicted molar refractivity (Wildman–Crippen MR) is 93.9 cm³/mol. The minimum absolute atomic E-state index is 0.425. The maximum Gasteiger partial charge on any atom is 0.243 e. The van der Waals surface area contributed by atoms with E-state index in [1.54, 1.807) is 0 Å². The molecule has 1 aromatic heterocycles. The van der Waals surface area contributed by atoms with E-state index in [1.165, 1.54) is 5.69 Å². The van der Waals surface area contributed by atoms with Crippen molar-refractivity contribution in [3.05, 3.63) is 41.7 Å². The predicted octanol–water partition coefficient (Wildman–Crippen LogP) is 3.08. The quantitative estimate of drug-likeness (QED) is 0.919. The van der Waals surface area contributed by atoms with E-state index in [1.807, 2.05) is 0 Å². The molecule has 2 heterocycles. The second-order valence-corrected chi connectivity index (χ2v) is 5.98. The third kappa shape index (κ3) is 3.78. The van der Waals surface area contributed by atoms with Gasteiger partial charge in [-0.05, 0) is 37.8 Å². The lowest BCUT2D eigenvalue weighted by atomic mass is 10.0. The number of hydrogen-bond acceptors (Lipinski definition) is 5. The van der Waals surface area contributed by atoms with Crippen LogP contribution >= 0.6 is 0 Å². The summed E-state index contributed by atoms with van der Waals surface area (Å²) >= 11 is 0. The van der Waals surface area contributed by atoms with Crippen LogP contribution in [-0.2, 0) is 12.8 Å². The van der Waals surface area contributed by atoms with E-state index in [0.29, 0.717) is 12.0 Å². The maximum atomic E-state index is 4.63. The molecule has 0 amide bonds. The Kier molecular flexibility index (Phi) is 5.05. The van der Waals surface area contributed by atoms with Gasteiger partial charge in [0.15, 0.2) is 0 Å². The van der Waals surface area contributed by atoms with E-state index < -0.39 is 0 Å². The zero-order valence-electron chi connectivity index (χ0n) is 14.0. The number of rotatable bonds is 5. The van der Waals surface area contributed by atoms with Crippen LogP contribution in [0.1, 0.15) is 38.1 Å². The van der Waals surface area contributed by atoms with E-state index >= 15 is 0 Å². The lowest BCUT2D eigenvalue weighted by Crippen LogP contribution is -2.39. The molecule has 0 radical (unpaired) electrons. The van der Waals surface area contributed by atoms with Gasteiger partial charge >= 0.3 is 0 Å². The first-order chi connectivity index (χ1) is 11.3. The lowest BCUT2D eigenvalue weighted by molar-refractivity contribution is 0.522. The molecule has 0 bridgehead atoms. The zero-order chi connectivity index (χ0) is 16.1. The SMILES string of the molecule is CCc1nnc(NC2CCN(c3ccccc3)CC2)nc1CC. The Hall–Kier alpha value is -2.17. The summed E-state index contributed by atoms with van der Waals surface area (Å²) in [5.74, 6) is 0.678. The zero-order valence-corrected chi connectivity index (χ0v) is 14.0. The topological polar surface area (TPSA) is 53.9 Å². The average molecular weight is 311 g/mol. The van der Waals surface area contributed by atoms with Crippen LogP contribution in [0, 0.1) is 0 Å². The van der Waals surface area contributed by atoms with E-state index in [9.17, 15) is 0 Å². The van der Waals surface area contributed by atoms with Crippen molar-refractivity contribution in [1.29, 1.82) is 0 Å². The molecule has 5 nitrogen and oxygen atoms in total. The molecule has 0 unspecified atom stereocenters. The van der Waals surface area contributed by atoms with Crippen LogP contribution < -0.4 is 10.2 Å². The summed E-state index contributed by atoms with van der Waals surface area (Å²) in [4.78, 5) is 7.07. The fourth-order valence-corrected chi connectivity index (χ4v) is 3.10. The van der Waals surface area contributed by atoms with Crippen molar-refractivity contribution < 1.29 is 0 Å². The molecule has 1 N–H and O–H groups in total. The molecule has 0 spiro atoms. The summed E-state index contributed by atoms with van der Waals surface area (Å²) in [6, 6.07) is 11.0. The summed E-state index contributed by atoms with van der Waals surface area (Å²) in [6.45, 7) is 6.33. The number of anilines is 2. The Morgan fingerprint density at radius 3 is 2.35 bits per heavy atom. The van der Waals surface area contributed by atoms with Crippen molar-refractivity contribution in [3.63, 3.8) is 0 Å². The van der Waals surface area contributed by atoms with Gasteiger partial charge in [0.2, 0.25) is 5.95 Å². The smallest absolute Gasteiger partial charge is 0.243 e. The van der Waals surface area contributed by atoms with Crippen LogP contribution in [0.15, 0.2) is 30.3 Å². The normalized spacial score (nSPS) is 15.7. The number of para-hydroxylation sites is 1. The number of nitrogens with zero attached hydrogens (tertiary/aromatic N) is 4. The van der Waals surface area contributed by atoms with Crippen molar-refractivity contribution in [2.24, 2.45) is 0 Å². The van der Waals surface area contributed by atoms with Gasteiger partial charge in [-0.3, -0.25) is 0 Å². The first kappa shape index (κ1) is 15.7. The van der Waals surface area contributed by atoms with Crippen LogP contribution in [0.2, 0.25) is 0 Å². The van der Waals surface area contributed by atoms with Crippen molar-refractivity contribution in [1.82, 2.24) is 15.2 Å². The summed E-state index contributed by atoms with van der Waals surface area (Å²) < 4.78 is 0. The standard InChI is InChI=1S/C18H25N5/c1-3-16-17(4-2)21-22-18(20-16)19-14-10-12-23(13-11-14)15-8-6-5-7-9-15/h5-9,14H,3-4,10-13H2,1-2H3,(H,19,20,22). The lowest BCUT2D eigenvalue weighted by Gasteiger charge is -2.33. The van der Waals surface area contributed by atoms with Crippen LogP contribution in [0.4, 0.5) is 11.6 Å². The first-order valence-electron chi connectivity index (χ1n) is 8.59. The molecule has 1 aliphatic heterocycles. The van der Waals surface area contributed by atoms with Gasteiger partial charge in [0.1, 0.15) is 0 Å². The largest absolute Gasteiger partial charge is 0.371 e. The van der Waals surface area contributed by atoms with Crippen LogP contribution in [0.5, 0.6) is 0 Å². The van der Waals surface area contributed by atoms with E-state index in [0.717, 1.165) is 50.2 Å². The summed E-state index contributed by atoms with van der Waals surface area (Å²) in [5.41, 5.74) is 3.38. The van der Waals surface area contributed by atoms with Crippen molar-refractivity contribution >= 4 is 11.6 Å². The minimum atomic E-state index is 0.425. The third-order valence-electron chi connectivity index (χ3n) is 4.46. The van der Waals surface area contributed by atoms with E-state index in [4.69, 9.17) is 0 Å². The maximum absolute atomic E-state index is 4.63. The second-order valence-electron chi connectivity index (χ2n) is 5.98. The van der Waals surface area contributed by atoms with Crippen molar-refractivity contribution in [2.75, 3.05) is 23.3 Å². The van der Waals surface area contributed by atoms with Gasteiger partial charge < -0.3 is 10.2 Å². The van der Waals surface area contributed by atoms with Gasteiger partial charge in [0.25, 0.3) is 0 Å². The van der Waals surface area contributed by atoms with Crippen LogP contribution in [0.3, 0.4) is 0 Å². The highest BCUT2D eigenvalue weighted by atomic mass is 15.3. The summed E-state index contributed by atoms with van der Waals surface area (Å²) in [5, 5.41) is 12.0. The number of aromatic nitrogens is 3. The van der Waals surface area contributed by atoms with Gasteiger partial charge in [-0.25, -0.2) is 4.98 Å². The third-order valence-corrected chi connectivity index (χ3v) is 4.46. The molecular formula is C18H25N5. The van der Waals surface area contributed by atoms with Gasteiger partial charge in [-0.2, -0.15) is 5.10 Å². The second kappa shape index (κ2) is 7.40. The Morgan fingerprint density at radius 1 is 1.00 bits per heavy atom. The highest BCUT2D eigenvalue weighted by molar-refractivity contribution is 5.46. The molecule has 0 atom stereocenters. The molecular weight excluding hydrogens is 286 g/mol. The monoisotopic (exact) mass is 311 g/mol. The minimum Gasteiger partial charge on any atom is -0.371 e. The molecule has 1 fully saturated rings. The Balaban J connectivity index is 1.58. The van der Waals surface area contributed by atoms with Crippen LogP contribution in [-0.4, -0.2) is 34.3 Å². The number of benzene rings is 1. The van der Waals surface area contributed by atoms with Crippen LogP contribution in [0.25, 0.3) is 0 Å². The molecule has 122 valence electrons. The fourth-order valence-electron chi connectivity index (χ4n) is 3.10. The molecule has 1 aliphatic rings. The number of piperidine rings is 1. The average Bonchev–Trinajstić information content (AvgIpc) is 2.63. The molecule has 3 rings (SSSR count). The number of hydrogen-bond donors (Lipinski definition) is 1. The first-order valence-corrected chi connectivity index (χ1v) is 8.59. The molecule has 1 aromatic carbocycles. The number of nitrogens with one attached hydrogen (secondary N) is 1. The van der Waals surface area contributed by atoms with Crippen molar-refractivity contribution in [3.8, 4) is 0 Å². The Morgan fingerprint density at radius 2 is 1.70 bits per heavy atom. The molecule has 5 heteroatoms. The van der Waals surface area contributed by atoms with Gasteiger partial charge in [0, 0.05) is 24.8 Å². The highest BCUT2D eigenvalue weighted by Crippen LogP contribution is 2.21. The fraction of sp³-hybridized carbons (Fsp3) is 0.500. The van der Waals surface area contributed by atoms with Gasteiger partial charge in [0.05, 0.1) is 11.4 Å². The summed E-state index contributed by atoms with van der Waals surface area (Å²) in [6.07, 6.45) is 3.98. The van der Waals surface area contributed by atoms with E-state index in [-0.39, 0.29) is 0 Å². The molecule has 2 aromatic rings. The highest BCUT2D eigenvalue weighted by Gasteiger charge is 2.20. The van der Waals surface area contributed by atoms with Gasteiger partial charge in [-0.1, -0.05) is 32.0 Å². The molecule has 0 saturated carbocycles. The molecule has 1 saturated heterocycles. The molecule has 0 aliphatic carbocycles. The van der Waals surface area contributed by atoms with E-state index in [2.05, 4.69) is 69.6 Å². The van der Waals surface area contributed by atoms with Gasteiger partial charge in [-0.15, -0.1) is 5.10 Å². The molecule has 23 heavy (non-hydrogen) atoms. The Bertz CT molecular complexity index is 621. The Labute approximate surface area is 138 Å². The van der Waals surface area contributed by atoms with Crippen molar-refractivity contribution in [2.45, 2.75) is 45.6 Å². The summed E-state index contributed by atoms with van der Waals surface area (Å²) in [7, 11) is 0.